The lowest BCUT2D eigenvalue weighted by atomic mass is 9.96. The molecule has 4 rings (SSSR count). The van der Waals surface area contributed by atoms with Crippen molar-refractivity contribution in [3.63, 3.8) is 0 Å². The Balaban J connectivity index is 1.40. The van der Waals surface area contributed by atoms with E-state index in [1.807, 2.05) is 0 Å². The third-order valence-corrected chi connectivity index (χ3v) is 7.93. The van der Waals surface area contributed by atoms with E-state index in [0.717, 1.165) is 31.5 Å². The normalized spacial score (nSPS) is 22.4. The molecule has 184 valence electrons. The highest BCUT2D eigenvalue weighted by Crippen LogP contribution is 2.39. The summed E-state index contributed by atoms with van der Waals surface area (Å²) in [5.41, 5.74) is -1.11. The van der Waals surface area contributed by atoms with Crippen molar-refractivity contribution < 1.29 is 22.7 Å². The van der Waals surface area contributed by atoms with Crippen LogP contribution in [0.25, 0.3) is 0 Å². The van der Waals surface area contributed by atoms with Gasteiger partial charge in [0, 0.05) is 36.6 Å². The summed E-state index contributed by atoms with van der Waals surface area (Å²) in [4.78, 5) is 20.0. The number of hydrogen-bond donors (Lipinski definition) is 1. The molecule has 8 nitrogen and oxygen atoms in total. The van der Waals surface area contributed by atoms with Gasteiger partial charge < -0.3 is 19.7 Å². The first-order valence-electron chi connectivity index (χ1n) is 11.3. The number of anilines is 1. The van der Waals surface area contributed by atoms with Gasteiger partial charge in [-0.15, -0.1) is 0 Å². The first-order valence-corrected chi connectivity index (χ1v) is 13.5. The van der Waals surface area contributed by atoms with E-state index in [2.05, 4.69) is 15.2 Å². The molecule has 2 aliphatic heterocycles. The molecule has 1 aromatic carbocycles. The summed E-state index contributed by atoms with van der Waals surface area (Å²) in [6.45, 7) is 3.44. The van der Waals surface area contributed by atoms with Crippen LogP contribution in [0.15, 0.2) is 41.4 Å². The average molecular weight is 508 g/mol. The highest BCUT2D eigenvalue weighted by atomic mass is 35.5. The molecule has 1 N–H and O–H groups in total. The van der Waals surface area contributed by atoms with E-state index < -0.39 is 15.4 Å². The molecule has 1 amide bonds. The molecular formula is C24H30ClN3O5S. The van der Waals surface area contributed by atoms with Crippen molar-refractivity contribution in [2.24, 2.45) is 0 Å². The average Bonchev–Trinajstić information content (AvgIpc) is 3.04. The SMILES string of the molecule is COc1ccc(OC(C)(C)C(=O)NC2C[C@H]3CC[C@@H](C2)N3c2ccc(S(C)(=O)=O)cn2)c(Cl)c1. The Morgan fingerprint density at radius 3 is 2.38 bits per heavy atom. The van der Waals surface area contributed by atoms with E-state index >= 15 is 0 Å². The van der Waals surface area contributed by atoms with Gasteiger partial charge in [0.25, 0.3) is 5.91 Å². The van der Waals surface area contributed by atoms with Crippen molar-refractivity contribution >= 4 is 33.2 Å². The maximum atomic E-state index is 13.1. The number of carbonyl (C=O) groups is 1. The molecule has 0 spiro atoms. The number of rotatable bonds is 7. The maximum absolute atomic E-state index is 13.1. The van der Waals surface area contributed by atoms with E-state index in [-0.39, 0.29) is 28.9 Å². The summed E-state index contributed by atoms with van der Waals surface area (Å²) < 4.78 is 34.6. The van der Waals surface area contributed by atoms with Gasteiger partial charge in [-0.3, -0.25) is 4.79 Å². The van der Waals surface area contributed by atoms with E-state index in [4.69, 9.17) is 21.1 Å². The summed E-state index contributed by atoms with van der Waals surface area (Å²) in [6, 6.07) is 8.95. The lowest BCUT2D eigenvalue weighted by Gasteiger charge is -2.40. The number of piperidine rings is 1. The third kappa shape index (κ3) is 5.10. The standard InChI is InChI=1S/C24H30ClN3O5S/c1-24(2,33-21-9-7-18(32-3)13-20(21)25)23(29)27-15-11-16-5-6-17(12-15)28(16)22-10-8-19(14-26-22)34(4,30)31/h7-10,13-17H,5-6,11-12H2,1-4H3,(H,27,29)/t15?,16-,17+. The summed E-state index contributed by atoms with van der Waals surface area (Å²) in [6.07, 6.45) is 6.19. The van der Waals surface area contributed by atoms with E-state index in [1.54, 1.807) is 51.3 Å². The van der Waals surface area contributed by atoms with Crippen molar-refractivity contribution in [2.75, 3.05) is 18.3 Å². The lowest BCUT2D eigenvalue weighted by molar-refractivity contribution is -0.135. The number of nitrogens with zero attached hydrogens (tertiary/aromatic N) is 2. The molecule has 2 saturated heterocycles. The van der Waals surface area contributed by atoms with Crippen LogP contribution < -0.4 is 19.7 Å². The molecule has 2 aromatic rings. The molecule has 0 saturated carbocycles. The molecule has 0 radical (unpaired) electrons. The van der Waals surface area contributed by atoms with Crippen LogP contribution in [0.3, 0.4) is 0 Å². The van der Waals surface area contributed by atoms with Crippen molar-refractivity contribution in [2.45, 2.75) is 68.2 Å². The molecule has 1 aromatic heterocycles. The fourth-order valence-electron chi connectivity index (χ4n) is 4.79. The zero-order valence-electron chi connectivity index (χ0n) is 19.7. The van der Waals surface area contributed by atoms with Gasteiger partial charge in [-0.05, 0) is 63.8 Å². The number of fused-ring (bicyclic) bond motifs is 2. The van der Waals surface area contributed by atoms with Gasteiger partial charge in [-0.2, -0.15) is 0 Å². The Hall–Kier alpha value is -2.52. The van der Waals surface area contributed by atoms with E-state index in [0.29, 0.717) is 16.5 Å². The Morgan fingerprint density at radius 1 is 1.18 bits per heavy atom. The summed E-state index contributed by atoms with van der Waals surface area (Å²) >= 11 is 6.28. The van der Waals surface area contributed by atoms with Gasteiger partial charge in [-0.1, -0.05) is 11.6 Å². The van der Waals surface area contributed by atoms with Gasteiger partial charge in [0.2, 0.25) is 0 Å². The summed E-state index contributed by atoms with van der Waals surface area (Å²) in [5, 5.41) is 3.54. The van der Waals surface area contributed by atoms with E-state index in [9.17, 15) is 13.2 Å². The van der Waals surface area contributed by atoms with E-state index in [1.165, 1.54) is 12.5 Å². The highest BCUT2D eigenvalue weighted by molar-refractivity contribution is 7.90. The van der Waals surface area contributed by atoms with Crippen LogP contribution in [0.5, 0.6) is 11.5 Å². The Bertz CT molecular complexity index is 1160. The van der Waals surface area contributed by atoms with Crippen LogP contribution in [0, 0.1) is 0 Å². The molecular weight excluding hydrogens is 478 g/mol. The van der Waals surface area contributed by atoms with Crippen molar-refractivity contribution in [1.82, 2.24) is 10.3 Å². The smallest absolute Gasteiger partial charge is 0.263 e. The molecule has 2 aliphatic rings. The van der Waals surface area contributed by atoms with Gasteiger partial charge in [0.15, 0.2) is 15.4 Å². The quantitative estimate of drug-likeness (QED) is 0.611. The second-order valence-corrected chi connectivity index (χ2v) is 11.9. The lowest BCUT2D eigenvalue weighted by Crippen LogP contribution is -2.55. The van der Waals surface area contributed by atoms with Crippen LogP contribution in [0.4, 0.5) is 5.82 Å². The number of ether oxygens (including phenoxy) is 2. The number of nitrogens with one attached hydrogen (secondary N) is 1. The van der Waals surface area contributed by atoms with Crippen LogP contribution in [0.1, 0.15) is 39.5 Å². The van der Waals surface area contributed by atoms with Crippen LogP contribution >= 0.6 is 11.6 Å². The Morgan fingerprint density at radius 2 is 1.85 bits per heavy atom. The number of methoxy groups -OCH3 is 1. The minimum atomic E-state index is -3.28. The topological polar surface area (TPSA) is 97.8 Å². The molecule has 3 atom stereocenters. The van der Waals surface area contributed by atoms with Crippen molar-refractivity contribution in [3.8, 4) is 11.5 Å². The predicted molar refractivity (Wildman–Crippen MR) is 131 cm³/mol. The number of sulfone groups is 1. The van der Waals surface area contributed by atoms with Crippen molar-refractivity contribution in [3.05, 3.63) is 41.6 Å². The highest BCUT2D eigenvalue weighted by Gasteiger charge is 2.43. The van der Waals surface area contributed by atoms with Gasteiger partial charge in [0.1, 0.15) is 17.3 Å². The minimum Gasteiger partial charge on any atom is -0.497 e. The Kier molecular flexibility index (Phi) is 6.70. The third-order valence-electron chi connectivity index (χ3n) is 6.53. The number of carbonyl (C=O) groups excluding carboxylic acids is 1. The molecule has 10 heteroatoms. The predicted octanol–water partition coefficient (Wildman–Crippen LogP) is 3.62. The molecule has 2 fully saturated rings. The maximum Gasteiger partial charge on any atom is 0.263 e. The zero-order chi connectivity index (χ0) is 24.7. The first kappa shape index (κ1) is 24.6. The van der Waals surface area contributed by atoms with Gasteiger partial charge >= 0.3 is 0 Å². The number of pyridine rings is 1. The van der Waals surface area contributed by atoms with Crippen LogP contribution in [0.2, 0.25) is 5.02 Å². The molecule has 1 unspecified atom stereocenters. The first-order chi connectivity index (χ1) is 16.0. The molecule has 34 heavy (non-hydrogen) atoms. The summed E-state index contributed by atoms with van der Waals surface area (Å²) in [5.74, 6) is 1.61. The number of halogens is 1. The fourth-order valence-corrected chi connectivity index (χ4v) is 5.55. The zero-order valence-corrected chi connectivity index (χ0v) is 21.3. The van der Waals surface area contributed by atoms with Crippen LogP contribution in [-0.2, 0) is 14.6 Å². The largest absolute Gasteiger partial charge is 0.497 e. The van der Waals surface area contributed by atoms with Crippen LogP contribution in [-0.4, -0.2) is 56.4 Å². The second-order valence-electron chi connectivity index (χ2n) is 9.47. The number of hydrogen-bond acceptors (Lipinski definition) is 7. The number of amides is 1. The van der Waals surface area contributed by atoms with Gasteiger partial charge in [0.05, 0.1) is 17.0 Å². The number of aromatic nitrogens is 1. The van der Waals surface area contributed by atoms with Gasteiger partial charge in [-0.25, -0.2) is 13.4 Å². The monoisotopic (exact) mass is 507 g/mol. The molecule has 3 heterocycles. The minimum absolute atomic E-state index is 0.0192. The number of benzene rings is 1. The summed E-state index contributed by atoms with van der Waals surface area (Å²) in [7, 11) is -1.72. The van der Waals surface area contributed by atoms with Crippen molar-refractivity contribution in [1.29, 1.82) is 0 Å². The Labute approximate surface area is 205 Å². The molecule has 0 aliphatic carbocycles. The fraction of sp³-hybridized carbons (Fsp3) is 0.500. The molecule has 2 bridgehead atoms. The second kappa shape index (κ2) is 9.26.